The molecule has 0 spiro atoms. The molecule has 1 aromatic rings. The molecule has 4 nitrogen and oxygen atoms in total. The van der Waals surface area contributed by atoms with Gasteiger partial charge in [0.25, 0.3) is 0 Å². The summed E-state index contributed by atoms with van der Waals surface area (Å²) in [6.45, 7) is 1.72. The van der Waals surface area contributed by atoms with E-state index in [2.05, 4.69) is 9.47 Å². The fourth-order valence-electron chi connectivity index (χ4n) is 1.90. The zero-order chi connectivity index (χ0) is 21.7. The molecule has 0 saturated heterocycles. The highest BCUT2D eigenvalue weighted by atomic mass is 32.2. The minimum Gasteiger partial charge on any atom is -0.465 e. The molecular formula is C17H14F6O4S. The first kappa shape index (κ1) is 23.6. The standard InChI is InChI=1S/C17H14F6O4S/c1-9-4-6-10(7-5-9)28-13(15(25)27-3)12(14(24)26-2)11(17(21,22)23)8-16(18,19)20/h4-8H,1-3H3/b11-8-,13-12+. The largest absolute Gasteiger partial charge is 0.465 e. The molecule has 0 aliphatic heterocycles. The first-order valence-corrected chi connectivity index (χ1v) is 8.14. The van der Waals surface area contributed by atoms with E-state index in [9.17, 15) is 35.9 Å². The van der Waals surface area contributed by atoms with E-state index in [1.165, 1.54) is 12.1 Å². The third-order valence-electron chi connectivity index (χ3n) is 3.11. The topological polar surface area (TPSA) is 52.6 Å². The van der Waals surface area contributed by atoms with Crippen molar-refractivity contribution >= 4 is 23.7 Å². The van der Waals surface area contributed by atoms with E-state index < -0.39 is 46.4 Å². The van der Waals surface area contributed by atoms with Gasteiger partial charge in [0.2, 0.25) is 0 Å². The Morgan fingerprint density at radius 3 is 1.82 bits per heavy atom. The van der Waals surface area contributed by atoms with Crippen molar-refractivity contribution in [2.24, 2.45) is 0 Å². The van der Waals surface area contributed by atoms with Gasteiger partial charge in [-0.3, -0.25) is 0 Å². The van der Waals surface area contributed by atoms with Gasteiger partial charge >= 0.3 is 24.3 Å². The van der Waals surface area contributed by atoms with Crippen molar-refractivity contribution in [2.75, 3.05) is 14.2 Å². The number of methoxy groups -OCH3 is 2. The van der Waals surface area contributed by atoms with Crippen LogP contribution in [-0.4, -0.2) is 38.5 Å². The molecule has 0 aromatic heterocycles. The molecule has 0 atom stereocenters. The van der Waals surface area contributed by atoms with Crippen molar-refractivity contribution in [3.63, 3.8) is 0 Å². The van der Waals surface area contributed by atoms with Crippen LogP contribution < -0.4 is 0 Å². The normalized spacial score (nSPS) is 13.7. The fraction of sp³-hybridized carbons (Fsp3) is 0.294. The van der Waals surface area contributed by atoms with Crippen molar-refractivity contribution in [3.05, 3.63) is 52.0 Å². The summed E-state index contributed by atoms with van der Waals surface area (Å²) in [5.74, 6) is -3.20. The summed E-state index contributed by atoms with van der Waals surface area (Å²) in [6.07, 6.45) is -12.1. The van der Waals surface area contributed by atoms with E-state index in [-0.39, 0.29) is 4.90 Å². The van der Waals surface area contributed by atoms with Crippen molar-refractivity contribution in [3.8, 4) is 0 Å². The molecule has 0 unspecified atom stereocenters. The maximum Gasteiger partial charge on any atom is 0.417 e. The lowest BCUT2D eigenvalue weighted by atomic mass is 10.0. The van der Waals surface area contributed by atoms with Crippen molar-refractivity contribution in [2.45, 2.75) is 24.2 Å². The van der Waals surface area contributed by atoms with E-state index in [1.54, 1.807) is 19.1 Å². The highest BCUT2D eigenvalue weighted by Crippen LogP contribution is 2.40. The van der Waals surface area contributed by atoms with E-state index in [0.717, 1.165) is 12.7 Å². The van der Waals surface area contributed by atoms with Gasteiger partial charge in [-0.05, 0) is 19.1 Å². The van der Waals surface area contributed by atoms with Crippen LogP contribution in [0.5, 0.6) is 0 Å². The van der Waals surface area contributed by atoms with Gasteiger partial charge in [-0.15, -0.1) is 0 Å². The second-order valence-electron chi connectivity index (χ2n) is 5.20. The van der Waals surface area contributed by atoms with Crippen molar-refractivity contribution in [1.82, 2.24) is 0 Å². The summed E-state index contributed by atoms with van der Waals surface area (Å²) < 4.78 is 86.7. The Morgan fingerprint density at radius 2 is 1.43 bits per heavy atom. The van der Waals surface area contributed by atoms with E-state index in [0.29, 0.717) is 18.9 Å². The number of halogens is 6. The van der Waals surface area contributed by atoms with Crippen molar-refractivity contribution in [1.29, 1.82) is 0 Å². The average Bonchev–Trinajstić information content (AvgIpc) is 2.59. The number of carbonyl (C=O) groups is 2. The smallest absolute Gasteiger partial charge is 0.417 e. The molecule has 0 aliphatic rings. The molecule has 28 heavy (non-hydrogen) atoms. The first-order chi connectivity index (χ1) is 12.8. The first-order valence-electron chi connectivity index (χ1n) is 7.32. The van der Waals surface area contributed by atoms with Crippen LogP contribution in [0.2, 0.25) is 0 Å². The summed E-state index contributed by atoms with van der Waals surface area (Å²) >= 11 is 0.348. The van der Waals surface area contributed by atoms with Gasteiger partial charge in [0.15, 0.2) is 0 Å². The zero-order valence-corrected chi connectivity index (χ0v) is 15.5. The highest BCUT2D eigenvalue weighted by Gasteiger charge is 2.45. The van der Waals surface area contributed by atoms with Crippen LogP contribution in [0.15, 0.2) is 51.3 Å². The number of hydrogen-bond acceptors (Lipinski definition) is 5. The predicted molar refractivity (Wildman–Crippen MR) is 88.3 cm³/mol. The summed E-state index contributed by atoms with van der Waals surface area (Å²) in [6, 6.07) is 5.95. The summed E-state index contributed by atoms with van der Waals surface area (Å²) in [7, 11) is 1.49. The van der Waals surface area contributed by atoms with Gasteiger partial charge < -0.3 is 9.47 Å². The molecule has 0 saturated carbocycles. The van der Waals surface area contributed by atoms with Gasteiger partial charge in [-0.2, -0.15) is 26.3 Å². The van der Waals surface area contributed by atoms with Gasteiger partial charge in [0, 0.05) is 11.0 Å². The molecule has 0 heterocycles. The van der Waals surface area contributed by atoms with Crippen LogP contribution in [0.4, 0.5) is 26.3 Å². The SMILES string of the molecule is COC(=O)/C(Sc1ccc(C)cc1)=C(C(=O)OC)/C(=C/C(F)(F)F)C(F)(F)F. The second-order valence-corrected chi connectivity index (χ2v) is 6.28. The molecule has 1 rings (SSSR count). The fourth-order valence-corrected chi connectivity index (χ4v) is 2.87. The van der Waals surface area contributed by atoms with Crippen LogP contribution in [0.25, 0.3) is 0 Å². The Kier molecular flexibility index (Phi) is 7.74. The molecule has 0 radical (unpaired) electrons. The number of esters is 2. The Hall–Kier alpha value is -2.43. The number of hydrogen-bond donors (Lipinski definition) is 0. The highest BCUT2D eigenvalue weighted by molar-refractivity contribution is 8.04. The zero-order valence-electron chi connectivity index (χ0n) is 14.7. The average molecular weight is 428 g/mol. The predicted octanol–water partition coefficient (Wildman–Crippen LogP) is 4.74. The third-order valence-corrected chi connectivity index (χ3v) is 4.19. The summed E-state index contributed by atoms with van der Waals surface area (Å²) in [4.78, 5) is 23.2. The number of thioether (sulfide) groups is 1. The molecule has 0 fully saturated rings. The Balaban J connectivity index is 3.81. The van der Waals surface area contributed by atoms with Crippen LogP contribution in [-0.2, 0) is 19.1 Å². The Labute approximate surface area is 160 Å². The molecule has 154 valence electrons. The number of aryl methyl sites for hydroxylation is 1. The minimum absolute atomic E-state index is 0.195. The number of alkyl halides is 6. The van der Waals surface area contributed by atoms with Crippen LogP contribution in [0.1, 0.15) is 5.56 Å². The molecular weight excluding hydrogens is 414 g/mol. The Morgan fingerprint density at radius 1 is 0.929 bits per heavy atom. The van der Waals surface area contributed by atoms with E-state index in [4.69, 9.17) is 0 Å². The van der Waals surface area contributed by atoms with Crippen molar-refractivity contribution < 1.29 is 45.4 Å². The quantitative estimate of drug-likeness (QED) is 0.223. The van der Waals surface area contributed by atoms with E-state index >= 15 is 0 Å². The molecule has 1 aromatic carbocycles. The summed E-state index contributed by atoms with van der Waals surface area (Å²) in [5, 5.41) is 0. The second kappa shape index (κ2) is 9.18. The van der Waals surface area contributed by atoms with Gasteiger partial charge in [0.05, 0.1) is 25.4 Å². The van der Waals surface area contributed by atoms with Crippen LogP contribution in [0.3, 0.4) is 0 Å². The molecule has 0 N–H and O–H groups in total. The third kappa shape index (κ3) is 6.63. The van der Waals surface area contributed by atoms with Gasteiger partial charge in [-0.25, -0.2) is 9.59 Å². The lowest BCUT2D eigenvalue weighted by Crippen LogP contribution is -2.25. The lowest BCUT2D eigenvalue weighted by Gasteiger charge is -2.18. The Bertz CT molecular complexity index is 791. The van der Waals surface area contributed by atoms with Gasteiger partial charge in [0.1, 0.15) is 4.91 Å². The lowest BCUT2D eigenvalue weighted by molar-refractivity contribution is -0.140. The van der Waals surface area contributed by atoms with Gasteiger partial charge in [-0.1, -0.05) is 29.5 Å². The number of ether oxygens (including phenoxy) is 2. The van der Waals surface area contributed by atoms with E-state index in [1.807, 2.05) is 0 Å². The maximum atomic E-state index is 13.3. The maximum absolute atomic E-state index is 13.3. The molecule has 0 aliphatic carbocycles. The number of benzene rings is 1. The number of carbonyl (C=O) groups excluding carboxylic acids is 2. The minimum atomic E-state index is -5.61. The molecule has 0 bridgehead atoms. The van der Waals surface area contributed by atoms with Crippen LogP contribution >= 0.6 is 11.8 Å². The summed E-state index contributed by atoms with van der Waals surface area (Å²) in [5.41, 5.74) is -3.18. The number of allylic oxidation sites excluding steroid dienone is 1. The molecule has 0 amide bonds. The molecule has 11 heteroatoms. The van der Waals surface area contributed by atoms with Crippen LogP contribution in [0, 0.1) is 6.92 Å². The monoisotopic (exact) mass is 428 g/mol. The number of rotatable bonds is 5.